The van der Waals surface area contributed by atoms with E-state index in [-0.39, 0.29) is 28.8 Å². The number of rotatable bonds is 2. The van der Waals surface area contributed by atoms with Gasteiger partial charge in [-0.3, -0.25) is 9.89 Å². The first-order chi connectivity index (χ1) is 13.2. The van der Waals surface area contributed by atoms with E-state index in [1.165, 1.54) is 12.1 Å². The molecule has 1 aromatic carbocycles. The van der Waals surface area contributed by atoms with Gasteiger partial charge in [-0.2, -0.15) is 18.3 Å². The molecular formula is C18H18F4N4O2. The van der Waals surface area contributed by atoms with Gasteiger partial charge in [0.05, 0.1) is 12.0 Å². The fourth-order valence-corrected chi connectivity index (χ4v) is 3.98. The van der Waals surface area contributed by atoms with E-state index in [1.807, 2.05) is 4.90 Å². The molecule has 0 aliphatic carbocycles. The van der Waals surface area contributed by atoms with Crippen LogP contribution in [0.5, 0.6) is 0 Å². The zero-order valence-electron chi connectivity index (χ0n) is 14.7. The molecule has 6 nitrogen and oxygen atoms in total. The number of nitrogens with zero attached hydrogens (tertiary/aromatic N) is 2. The van der Waals surface area contributed by atoms with Crippen LogP contribution in [0, 0.1) is 5.82 Å². The molecule has 1 aromatic heterocycles. The van der Waals surface area contributed by atoms with Crippen molar-refractivity contribution >= 4 is 17.4 Å². The average molecular weight is 398 g/mol. The predicted molar refractivity (Wildman–Crippen MR) is 92.4 cm³/mol. The highest BCUT2D eigenvalue weighted by molar-refractivity contribution is 5.94. The van der Waals surface area contributed by atoms with Crippen LogP contribution in [0.15, 0.2) is 24.3 Å². The molecule has 4 rings (SSSR count). The number of fused-ring (bicyclic) bond motifs is 1. The molecule has 1 amide bonds. The smallest absolute Gasteiger partial charge is 0.376 e. The third-order valence-corrected chi connectivity index (χ3v) is 5.45. The van der Waals surface area contributed by atoms with Crippen LogP contribution in [0.3, 0.4) is 0 Å². The molecule has 1 saturated heterocycles. The third-order valence-electron chi connectivity index (χ3n) is 5.45. The van der Waals surface area contributed by atoms with Crippen LogP contribution >= 0.6 is 0 Å². The Morgan fingerprint density at radius 3 is 2.43 bits per heavy atom. The summed E-state index contributed by atoms with van der Waals surface area (Å²) in [6, 6.07) is 6.04. The lowest BCUT2D eigenvalue weighted by molar-refractivity contribution is -0.267. The number of benzene rings is 1. The average Bonchev–Trinajstić information content (AvgIpc) is 3.06. The van der Waals surface area contributed by atoms with Crippen molar-refractivity contribution in [3.63, 3.8) is 0 Å². The molecule has 0 bridgehead atoms. The summed E-state index contributed by atoms with van der Waals surface area (Å²) in [6.45, 7) is 1.11. The second-order valence-corrected chi connectivity index (χ2v) is 7.18. The molecule has 1 unspecified atom stereocenters. The molecule has 2 aromatic rings. The lowest BCUT2D eigenvalue weighted by Gasteiger charge is -2.37. The SMILES string of the molecule is O=C1CC(O)(C(F)(F)F)c2c(n[nH]c2C2CCN(c3ccc(F)cc3)CC2)N1. The Labute approximate surface area is 157 Å². The standard InChI is InChI=1S/C18H18F4N4O2/c19-11-1-3-12(4-2-11)26-7-5-10(6-8-26)15-14-16(25-24-15)23-13(27)9-17(14,28)18(20,21)22/h1-4,10,28H,5-9H2,(H2,23,24,25,27). The van der Waals surface area contributed by atoms with Gasteiger partial charge >= 0.3 is 6.18 Å². The first-order valence-electron chi connectivity index (χ1n) is 8.87. The van der Waals surface area contributed by atoms with Gasteiger partial charge in [0.25, 0.3) is 0 Å². The minimum absolute atomic E-state index is 0.202. The number of aromatic nitrogens is 2. The lowest BCUT2D eigenvalue weighted by atomic mass is 9.81. The molecule has 10 heteroatoms. The molecule has 2 aliphatic rings. The summed E-state index contributed by atoms with van der Waals surface area (Å²) in [5.74, 6) is -1.82. The fourth-order valence-electron chi connectivity index (χ4n) is 3.98. The van der Waals surface area contributed by atoms with Crippen LogP contribution in [0.25, 0.3) is 0 Å². The summed E-state index contributed by atoms with van der Waals surface area (Å²) >= 11 is 0. The third kappa shape index (κ3) is 3.01. The van der Waals surface area contributed by atoms with Crippen molar-refractivity contribution in [2.75, 3.05) is 23.3 Å². The Hall–Kier alpha value is -2.62. The number of alkyl halides is 3. The van der Waals surface area contributed by atoms with E-state index in [1.54, 1.807) is 12.1 Å². The van der Waals surface area contributed by atoms with Gasteiger partial charge in [-0.15, -0.1) is 0 Å². The minimum Gasteiger partial charge on any atom is -0.376 e. The van der Waals surface area contributed by atoms with Crippen LogP contribution < -0.4 is 10.2 Å². The zero-order valence-corrected chi connectivity index (χ0v) is 14.7. The quantitative estimate of drug-likeness (QED) is 0.680. The van der Waals surface area contributed by atoms with E-state index in [0.29, 0.717) is 25.9 Å². The molecule has 2 aliphatic heterocycles. The summed E-state index contributed by atoms with van der Waals surface area (Å²) < 4.78 is 53.9. The highest BCUT2D eigenvalue weighted by Crippen LogP contribution is 2.49. The number of aromatic amines is 1. The highest BCUT2D eigenvalue weighted by atomic mass is 19.4. The maximum absolute atomic E-state index is 13.6. The summed E-state index contributed by atoms with van der Waals surface area (Å²) in [7, 11) is 0. The van der Waals surface area contributed by atoms with E-state index in [0.717, 1.165) is 5.69 Å². The number of carbonyl (C=O) groups is 1. The fraction of sp³-hybridized carbons (Fsp3) is 0.444. The number of hydrogen-bond donors (Lipinski definition) is 3. The van der Waals surface area contributed by atoms with Crippen LogP contribution in [0.2, 0.25) is 0 Å². The first kappa shape index (κ1) is 18.7. The molecule has 0 spiro atoms. The Balaban J connectivity index is 1.59. The topological polar surface area (TPSA) is 81.2 Å². The van der Waals surface area contributed by atoms with E-state index in [2.05, 4.69) is 15.5 Å². The van der Waals surface area contributed by atoms with Crippen LogP contribution in [-0.2, 0) is 10.4 Å². The maximum atomic E-state index is 13.6. The molecular weight excluding hydrogens is 380 g/mol. The molecule has 1 fully saturated rings. The van der Waals surface area contributed by atoms with Gasteiger partial charge in [0.2, 0.25) is 5.91 Å². The van der Waals surface area contributed by atoms with Gasteiger partial charge in [-0.1, -0.05) is 0 Å². The van der Waals surface area contributed by atoms with Crippen molar-refractivity contribution in [1.29, 1.82) is 0 Å². The number of H-pyrrole nitrogens is 1. The van der Waals surface area contributed by atoms with Gasteiger partial charge in [0, 0.05) is 30.4 Å². The second-order valence-electron chi connectivity index (χ2n) is 7.18. The van der Waals surface area contributed by atoms with Crippen molar-refractivity contribution in [2.24, 2.45) is 0 Å². The Kier molecular flexibility index (Phi) is 4.33. The highest BCUT2D eigenvalue weighted by Gasteiger charge is 2.61. The summed E-state index contributed by atoms with van der Waals surface area (Å²) in [5.41, 5.74) is -2.61. The number of piperidine rings is 1. The molecule has 0 radical (unpaired) electrons. The van der Waals surface area contributed by atoms with Gasteiger partial charge in [-0.25, -0.2) is 4.39 Å². The van der Waals surface area contributed by atoms with Crippen molar-refractivity contribution < 1.29 is 27.5 Å². The Morgan fingerprint density at radius 1 is 1.18 bits per heavy atom. The second kappa shape index (κ2) is 6.47. The number of halogens is 4. The molecule has 1 atom stereocenters. The van der Waals surface area contributed by atoms with Gasteiger partial charge in [0.15, 0.2) is 11.4 Å². The van der Waals surface area contributed by atoms with Crippen LogP contribution in [0.1, 0.15) is 36.4 Å². The molecule has 3 heterocycles. The maximum Gasteiger partial charge on any atom is 0.422 e. The number of nitrogens with one attached hydrogen (secondary N) is 2. The van der Waals surface area contributed by atoms with E-state index in [9.17, 15) is 27.5 Å². The number of amides is 1. The number of carbonyl (C=O) groups excluding carboxylic acids is 1. The van der Waals surface area contributed by atoms with Crippen LogP contribution in [0.4, 0.5) is 29.1 Å². The number of anilines is 2. The van der Waals surface area contributed by atoms with E-state index < -0.39 is 24.1 Å². The normalized spacial score (nSPS) is 23.5. The summed E-state index contributed by atoms with van der Waals surface area (Å²) in [5, 5.41) is 19.1. The number of aliphatic hydroxyl groups is 1. The van der Waals surface area contributed by atoms with Crippen molar-refractivity contribution in [2.45, 2.75) is 37.0 Å². The van der Waals surface area contributed by atoms with Gasteiger partial charge in [-0.05, 0) is 37.1 Å². The molecule has 150 valence electrons. The van der Waals surface area contributed by atoms with Crippen LogP contribution in [-0.4, -0.2) is 40.5 Å². The first-order valence-corrected chi connectivity index (χ1v) is 8.87. The van der Waals surface area contributed by atoms with Crippen molar-refractivity contribution in [1.82, 2.24) is 10.2 Å². The van der Waals surface area contributed by atoms with Gasteiger partial charge < -0.3 is 15.3 Å². The van der Waals surface area contributed by atoms with Gasteiger partial charge in [0.1, 0.15) is 5.82 Å². The number of hydrogen-bond acceptors (Lipinski definition) is 4. The molecule has 0 saturated carbocycles. The summed E-state index contributed by atoms with van der Waals surface area (Å²) in [6.07, 6.45) is -5.06. The predicted octanol–water partition coefficient (Wildman–Crippen LogP) is 3.02. The minimum atomic E-state index is -5.01. The Bertz CT molecular complexity index is 888. The summed E-state index contributed by atoms with van der Waals surface area (Å²) in [4.78, 5) is 13.7. The zero-order chi connectivity index (χ0) is 20.1. The van der Waals surface area contributed by atoms with E-state index in [4.69, 9.17) is 0 Å². The molecule has 3 N–H and O–H groups in total. The Morgan fingerprint density at radius 2 is 1.82 bits per heavy atom. The van der Waals surface area contributed by atoms with Crippen molar-refractivity contribution in [3.8, 4) is 0 Å². The lowest BCUT2D eigenvalue weighted by Crippen LogP contribution is -2.48. The molecule has 28 heavy (non-hydrogen) atoms. The van der Waals surface area contributed by atoms with E-state index >= 15 is 0 Å². The van der Waals surface area contributed by atoms with Crippen molar-refractivity contribution in [3.05, 3.63) is 41.3 Å². The monoisotopic (exact) mass is 398 g/mol. The largest absolute Gasteiger partial charge is 0.422 e.